The lowest BCUT2D eigenvalue weighted by atomic mass is 9.79. The molecule has 0 bridgehead atoms. The molecule has 0 amide bonds. The Hall–Kier alpha value is -0.160. The molecule has 0 aromatic rings. The number of nitrogens with one attached hydrogen (secondary N) is 1. The van der Waals surface area contributed by atoms with Gasteiger partial charge in [0, 0.05) is 38.8 Å². The first-order valence-corrected chi connectivity index (χ1v) is 10.9. The summed E-state index contributed by atoms with van der Waals surface area (Å²) in [6.07, 6.45) is 3.56. The maximum absolute atomic E-state index is 5.68. The normalized spacial score (nSPS) is 19.3. The summed E-state index contributed by atoms with van der Waals surface area (Å²) in [5.74, 6) is 0. The first-order chi connectivity index (χ1) is 12.2. The van der Waals surface area contributed by atoms with Crippen LogP contribution in [-0.4, -0.2) is 74.4 Å². The molecule has 1 saturated heterocycles. The van der Waals surface area contributed by atoms with Crippen LogP contribution in [0.4, 0.5) is 0 Å². The molecule has 0 saturated carbocycles. The molecule has 0 aromatic carbocycles. The van der Waals surface area contributed by atoms with Gasteiger partial charge in [-0.2, -0.15) is 0 Å². The predicted molar refractivity (Wildman–Crippen MR) is 119 cm³/mol. The number of rotatable bonds is 10. The van der Waals surface area contributed by atoms with E-state index in [0.29, 0.717) is 5.41 Å². The molecule has 0 radical (unpaired) electrons. The second kappa shape index (κ2) is 9.56. The van der Waals surface area contributed by atoms with E-state index in [0.717, 1.165) is 19.5 Å². The van der Waals surface area contributed by atoms with E-state index in [1.807, 2.05) is 7.11 Å². The highest BCUT2D eigenvalue weighted by Crippen LogP contribution is 2.33. The molecule has 1 N–H and O–H groups in total. The lowest BCUT2D eigenvalue weighted by Gasteiger charge is -2.43. The highest BCUT2D eigenvalue weighted by atomic mass is 16.5. The second-order valence-electron chi connectivity index (χ2n) is 11.6. The standard InChI is InChI=1S/C23H49N3O/c1-20(2,18-24-9)16-22(5,6)26-13-11-12-25(14-15-26)19-21(3,4)17-23(7,8)27-10/h24H,11-19H2,1-10H3. The summed E-state index contributed by atoms with van der Waals surface area (Å²) in [7, 11) is 3.89. The van der Waals surface area contributed by atoms with Crippen molar-refractivity contribution in [3.8, 4) is 0 Å². The van der Waals surface area contributed by atoms with Crippen LogP contribution in [0.3, 0.4) is 0 Å². The van der Waals surface area contributed by atoms with E-state index in [4.69, 9.17) is 4.74 Å². The minimum Gasteiger partial charge on any atom is -0.379 e. The van der Waals surface area contributed by atoms with E-state index in [1.54, 1.807) is 0 Å². The van der Waals surface area contributed by atoms with E-state index in [9.17, 15) is 0 Å². The Morgan fingerprint density at radius 3 is 2.00 bits per heavy atom. The largest absolute Gasteiger partial charge is 0.379 e. The van der Waals surface area contributed by atoms with Crippen LogP contribution in [0.5, 0.6) is 0 Å². The number of nitrogens with zero attached hydrogens (tertiary/aromatic N) is 2. The summed E-state index contributed by atoms with van der Waals surface area (Å²) >= 11 is 0. The van der Waals surface area contributed by atoms with Gasteiger partial charge in [0.1, 0.15) is 0 Å². The monoisotopic (exact) mass is 383 g/mol. The summed E-state index contributed by atoms with van der Waals surface area (Å²) in [5.41, 5.74) is 0.767. The fourth-order valence-electron chi connectivity index (χ4n) is 5.44. The van der Waals surface area contributed by atoms with Gasteiger partial charge in [0.15, 0.2) is 0 Å². The molecular formula is C23H49N3O. The summed E-state index contributed by atoms with van der Waals surface area (Å²) in [5, 5.41) is 3.36. The highest BCUT2D eigenvalue weighted by molar-refractivity contribution is 4.91. The zero-order valence-corrected chi connectivity index (χ0v) is 20.2. The Labute approximate surface area is 170 Å². The number of ether oxygens (including phenoxy) is 1. The van der Waals surface area contributed by atoms with Gasteiger partial charge in [-0.1, -0.05) is 27.7 Å². The van der Waals surface area contributed by atoms with Crippen molar-refractivity contribution in [3.05, 3.63) is 0 Å². The zero-order chi connectivity index (χ0) is 20.9. The molecule has 4 nitrogen and oxygen atoms in total. The van der Waals surface area contributed by atoms with Crippen LogP contribution in [0.1, 0.15) is 74.7 Å². The van der Waals surface area contributed by atoms with Crippen molar-refractivity contribution < 1.29 is 4.74 Å². The topological polar surface area (TPSA) is 27.7 Å². The third-order valence-electron chi connectivity index (χ3n) is 6.12. The van der Waals surface area contributed by atoms with Crippen LogP contribution in [0.2, 0.25) is 0 Å². The minimum absolute atomic E-state index is 0.0533. The lowest BCUT2D eigenvalue weighted by molar-refractivity contribution is -0.0201. The number of methoxy groups -OCH3 is 1. The molecule has 1 heterocycles. The van der Waals surface area contributed by atoms with Crippen LogP contribution in [0.15, 0.2) is 0 Å². The Kier molecular flexibility index (Phi) is 8.81. The maximum Gasteiger partial charge on any atom is 0.0628 e. The summed E-state index contributed by atoms with van der Waals surface area (Å²) in [6.45, 7) is 25.8. The van der Waals surface area contributed by atoms with Crippen LogP contribution in [0, 0.1) is 10.8 Å². The van der Waals surface area contributed by atoms with Crippen molar-refractivity contribution in [2.24, 2.45) is 10.8 Å². The summed E-state index contributed by atoms with van der Waals surface area (Å²) < 4.78 is 5.68. The molecule has 0 aromatic heterocycles. The predicted octanol–water partition coefficient (Wildman–Crippen LogP) is 4.25. The molecule has 0 aliphatic carbocycles. The van der Waals surface area contributed by atoms with Gasteiger partial charge in [-0.05, 0) is 77.9 Å². The molecule has 1 rings (SSSR count). The second-order valence-corrected chi connectivity index (χ2v) is 11.6. The number of hydrogen-bond donors (Lipinski definition) is 1. The van der Waals surface area contributed by atoms with Gasteiger partial charge >= 0.3 is 0 Å². The van der Waals surface area contributed by atoms with Crippen molar-refractivity contribution in [1.82, 2.24) is 15.1 Å². The number of hydrogen-bond acceptors (Lipinski definition) is 4. The fraction of sp³-hybridized carbons (Fsp3) is 1.00. The lowest BCUT2D eigenvalue weighted by Crippen LogP contribution is -2.49. The van der Waals surface area contributed by atoms with Gasteiger partial charge < -0.3 is 15.0 Å². The Morgan fingerprint density at radius 1 is 0.815 bits per heavy atom. The molecular weight excluding hydrogens is 334 g/mol. The van der Waals surface area contributed by atoms with E-state index < -0.39 is 0 Å². The van der Waals surface area contributed by atoms with Crippen molar-refractivity contribution in [2.45, 2.75) is 85.8 Å². The fourth-order valence-corrected chi connectivity index (χ4v) is 5.44. The van der Waals surface area contributed by atoms with Crippen molar-refractivity contribution in [1.29, 1.82) is 0 Å². The smallest absolute Gasteiger partial charge is 0.0628 e. The van der Waals surface area contributed by atoms with Crippen molar-refractivity contribution in [3.63, 3.8) is 0 Å². The third-order valence-corrected chi connectivity index (χ3v) is 6.12. The molecule has 27 heavy (non-hydrogen) atoms. The maximum atomic E-state index is 5.68. The average Bonchev–Trinajstić information content (AvgIpc) is 2.70. The van der Waals surface area contributed by atoms with Crippen molar-refractivity contribution in [2.75, 3.05) is 53.4 Å². The Bertz CT molecular complexity index is 443. The van der Waals surface area contributed by atoms with Gasteiger partial charge in [0.2, 0.25) is 0 Å². The van der Waals surface area contributed by atoms with E-state index in [1.165, 1.54) is 39.0 Å². The summed E-state index contributed by atoms with van der Waals surface area (Å²) in [4.78, 5) is 5.41. The Balaban J connectivity index is 2.65. The van der Waals surface area contributed by atoms with Gasteiger partial charge in [0.05, 0.1) is 5.60 Å². The van der Waals surface area contributed by atoms with E-state index in [2.05, 4.69) is 77.6 Å². The van der Waals surface area contributed by atoms with Crippen LogP contribution >= 0.6 is 0 Å². The molecule has 1 fully saturated rings. The van der Waals surface area contributed by atoms with Gasteiger partial charge in [-0.3, -0.25) is 4.90 Å². The molecule has 0 spiro atoms. The van der Waals surface area contributed by atoms with Gasteiger partial charge in [0.25, 0.3) is 0 Å². The van der Waals surface area contributed by atoms with Crippen LogP contribution in [-0.2, 0) is 4.74 Å². The van der Waals surface area contributed by atoms with Crippen molar-refractivity contribution >= 4 is 0 Å². The van der Waals surface area contributed by atoms with Gasteiger partial charge in [-0.15, -0.1) is 0 Å². The molecule has 4 heteroatoms. The zero-order valence-electron chi connectivity index (χ0n) is 20.2. The molecule has 162 valence electrons. The first kappa shape index (κ1) is 24.9. The average molecular weight is 384 g/mol. The Morgan fingerprint density at radius 2 is 1.44 bits per heavy atom. The molecule has 1 aliphatic heterocycles. The minimum atomic E-state index is -0.0533. The summed E-state index contributed by atoms with van der Waals surface area (Å²) in [6, 6.07) is 0. The first-order valence-electron chi connectivity index (χ1n) is 10.9. The van der Waals surface area contributed by atoms with E-state index >= 15 is 0 Å². The van der Waals surface area contributed by atoms with Crippen LogP contribution in [0.25, 0.3) is 0 Å². The SMILES string of the molecule is CNCC(C)(C)CC(C)(C)N1CCCN(CC(C)(C)CC(C)(C)OC)CC1. The molecule has 0 atom stereocenters. The quantitative estimate of drug-likeness (QED) is 0.610. The molecule has 0 unspecified atom stereocenters. The van der Waals surface area contributed by atoms with Gasteiger partial charge in [-0.25, -0.2) is 0 Å². The van der Waals surface area contributed by atoms with E-state index in [-0.39, 0.29) is 16.6 Å². The molecule has 1 aliphatic rings. The highest BCUT2D eigenvalue weighted by Gasteiger charge is 2.35. The van der Waals surface area contributed by atoms with Crippen LogP contribution < -0.4 is 5.32 Å². The third kappa shape index (κ3) is 8.81.